The van der Waals surface area contributed by atoms with Crippen molar-refractivity contribution in [2.45, 2.75) is 6.42 Å². The van der Waals surface area contributed by atoms with Crippen LogP contribution in [0, 0.1) is 5.82 Å². The van der Waals surface area contributed by atoms with Crippen LogP contribution in [0.15, 0.2) is 30.9 Å². The second kappa shape index (κ2) is 5.14. The molecule has 80 valence electrons. The molecule has 0 fully saturated rings. The first kappa shape index (κ1) is 11.2. The number of benzene rings is 1. The van der Waals surface area contributed by atoms with Crippen LogP contribution in [-0.4, -0.2) is 17.6 Å². The van der Waals surface area contributed by atoms with E-state index in [1.807, 2.05) is 0 Å². The van der Waals surface area contributed by atoms with Gasteiger partial charge in [0, 0.05) is 6.54 Å². The van der Waals surface area contributed by atoms with E-state index < -0.39 is 11.8 Å². The van der Waals surface area contributed by atoms with Crippen molar-refractivity contribution in [3.05, 3.63) is 42.2 Å². The van der Waals surface area contributed by atoms with Crippen LogP contribution in [0.25, 0.3) is 0 Å². The second-order valence-corrected chi connectivity index (χ2v) is 2.97. The number of aromatic carboxylic acids is 1. The number of hydrogen-bond donors (Lipinski definition) is 2. The highest BCUT2D eigenvalue weighted by Gasteiger charge is 2.14. The first-order valence-corrected chi connectivity index (χ1v) is 4.53. The Morgan fingerprint density at radius 2 is 2.33 bits per heavy atom. The molecule has 0 bridgehead atoms. The summed E-state index contributed by atoms with van der Waals surface area (Å²) in [6.45, 7) is 4.07. The van der Waals surface area contributed by atoms with E-state index in [2.05, 4.69) is 11.9 Å². The molecule has 0 heterocycles. The van der Waals surface area contributed by atoms with Gasteiger partial charge in [0.05, 0.1) is 5.69 Å². The number of carboxylic acids is 1. The molecular weight excluding hydrogens is 197 g/mol. The quantitative estimate of drug-likeness (QED) is 0.578. The molecule has 1 rings (SSSR count). The fourth-order valence-corrected chi connectivity index (χ4v) is 1.20. The van der Waals surface area contributed by atoms with Crippen LogP contribution in [0.1, 0.15) is 16.8 Å². The molecule has 2 N–H and O–H groups in total. The van der Waals surface area contributed by atoms with Crippen molar-refractivity contribution in [1.29, 1.82) is 0 Å². The predicted octanol–water partition coefficient (Wildman–Crippen LogP) is 2.51. The van der Waals surface area contributed by atoms with E-state index in [4.69, 9.17) is 5.11 Å². The summed E-state index contributed by atoms with van der Waals surface area (Å²) in [5, 5.41) is 11.6. The third kappa shape index (κ3) is 2.80. The molecule has 0 atom stereocenters. The van der Waals surface area contributed by atoms with E-state index in [1.165, 1.54) is 12.1 Å². The predicted molar refractivity (Wildman–Crippen MR) is 56.7 cm³/mol. The first-order chi connectivity index (χ1) is 7.16. The fraction of sp³-hybridized carbons (Fsp3) is 0.182. The molecule has 15 heavy (non-hydrogen) atoms. The van der Waals surface area contributed by atoms with Crippen molar-refractivity contribution in [3.8, 4) is 0 Å². The minimum Gasteiger partial charge on any atom is -0.478 e. The molecule has 0 saturated heterocycles. The molecule has 0 aliphatic heterocycles. The van der Waals surface area contributed by atoms with Crippen molar-refractivity contribution in [1.82, 2.24) is 0 Å². The number of rotatable bonds is 5. The topological polar surface area (TPSA) is 49.3 Å². The lowest BCUT2D eigenvalue weighted by molar-refractivity contribution is 0.0693. The molecule has 0 saturated carbocycles. The Bertz CT molecular complexity index is 377. The molecule has 0 aromatic heterocycles. The molecule has 1 aromatic carbocycles. The van der Waals surface area contributed by atoms with Crippen LogP contribution in [0.4, 0.5) is 10.1 Å². The molecule has 1 aromatic rings. The van der Waals surface area contributed by atoms with Crippen molar-refractivity contribution in [2.75, 3.05) is 11.9 Å². The first-order valence-electron chi connectivity index (χ1n) is 4.53. The average molecular weight is 209 g/mol. The molecule has 4 heteroatoms. The lowest BCUT2D eigenvalue weighted by Crippen LogP contribution is -2.09. The summed E-state index contributed by atoms with van der Waals surface area (Å²) >= 11 is 0. The molecule has 0 unspecified atom stereocenters. The largest absolute Gasteiger partial charge is 0.478 e. The van der Waals surface area contributed by atoms with Gasteiger partial charge in [-0.05, 0) is 18.6 Å². The normalized spacial score (nSPS) is 9.67. The zero-order valence-corrected chi connectivity index (χ0v) is 8.16. The third-order valence-corrected chi connectivity index (χ3v) is 1.89. The van der Waals surface area contributed by atoms with E-state index in [0.29, 0.717) is 18.7 Å². The molecule has 0 aliphatic carbocycles. The highest BCUT2D eigenvalue weighted by atomic mass is 19.1. The number of anilines is 1. The van der Waals surface area contributed by atoms with Crippen LogP contribution >= 0.6 is 0 Å². The summed E-state index contributed by atoms with van der Waals surface area (Å²) in [7, 11) is 0. The molecule has 0 aliphatic rings. The second-order valence-electron chi connectivity index (χ2n) is 2.97. The zero-order valence-electron chi connectivity index (χ0n) is 8.16. The summed E-state index contributed by atoms with van der Waals surface area (Å²) in [5.41, 5.74) is -0.0223. The summed E-state index contributed by atoms with van der Waals surface area (Å²) in [6, 6.07) is 4.13. The van der Waals surface area contributed by atoms with E-state index >= 15 is 0 Å². The number of nitrogens with one attached hydrogen (secondary N) is 1. The van der Waals surface area contributed by atoms with Gasteiger partial charge in [0.15, 0.2) is 0 Å². The van der Waals surface area contributed by atoms with Gasteiger partial charge in [-0.1, -0.05) is 12.1 Å². The molecule has 0 radical (unpaired) electrons. The number of halogens is 1. The van der Waals surface area contributed by atoms with Crippen molar-refractivity contribution in [3.63, 3.8) is 0 Å². The monoisotopic (exact) mass is 209 g/mol. The summed E-state index contributed by atoms with van der Waals surface area (Å²) in [5.74, 6) is -2.00. The van der Waals surface area contributed by atoms with Gasteiger partial charge in [0.25, 0.3) is 0 Å². The summed E-state index contributed by atoms with van der Waals surface area (Å²) in [6.07, 6.45) is 2.39. The molecule has 0 amide bonds. The van der Waals surface area contributed by atoms with Gasteiger partial charge in [-0.25, -0.2) is 9.18 Å². The number of carboxylic acid groups (broad SMARTS) is 1. The van der Waals surface area contributed by atoms with Crippen LogP contribution in [-0.2, 0) is 0 Å². The van der Waals surface area contributed by atoms with Crippen LogP contribution in [0.5, 0.6) is 0 Å². The van der Waals surface area contributed by atoms with Crippen molar-refractivity contribution in [2.24, 2.45) is 0 Å². The van der Waals surface area contributed by atoms with Gasteiger partial charge in [0.1, 0.15) is 11.4 Å². The summed E-state index contributed by atoms with van der Waals surface area (Å²) in [4.78, 5) is 10.8. The highest BCUT2D eigenvalue weighted by molar-refractivity contribution is 5.94. The maximum atomic E-state index is 13.2. The molecular formula is C11H12FNO2. The van der Waals surface area contributed by atoms with Crippen LogP contribution < -0.4 is 5.32 Å². The van der Waals surface area contributed by atoms with Crippen LogP contribution in [0.3, 0.4) is 0 Å². The standard InChI is InChI=1S/C11H12FNO2/c1-2-3-7-13-9-6-4-5-8(12)10(9)11(14)15/h2,4-6,13H,1,3,7H2,(H,14,15). The fourth-order valence-electron chi connectivity index (χ4n) is 1.20. The third-order valence-electron chi connectivity index (χ3n) is 1.89. The Balaban J connectivity index is 2.90. The lowest BCUT2D eigenvalue weighted by Gasteiger charge is -2.08. The van der Waals surface area contributed by atoms with Gasteiger partial charge in [-0.3, -0.25) is 0 Å². The van der Waals surface area contributed by atoms with E-state index in [9.17, 15) is 9.18 Å². The van der Waals surface area contributed by atoms with E-state index in [0.717, 1.165) is 6.07 Å². The van der Waals surface area contributed by atoms with Gasteiger partial charge < -0.3 is 10.4 Å². The Morgan fingerprint density at radius 1 is 1.60 bits per heavy atom. The lowest BCUT2D eigenvalue weighted by atomic mass is 10.1. The van der Waals surface area contributed by atoms with Crippen molar-refractivity contribution < 1.29 is 14.3 Å². The molecule has 0 spiro atoms. The minimum atomic E-state index is -1.27. The van der Waals surface area contributed by atoms with Crippen LogP contribution in [0.2, 0.25) is 0 Å². The Labute approximate surface area is 87.2 Å². The Morgan fingerprint density at radius 3 is 2.93 bits per heavy atom. The zero-order chi connectivity index (χ0) is 11.3. The Kier molecular flexibility index (Phi) is 3.85. The molecule has 3 nitrogen and oxygen atoms in total. The van der Waals surface area contributed by atoms with Crippen molar-refractivity contribution >= 4 is 11.7 Å². The number of carbonyl (C=O) groups is 1. The van der Waals surface area contributed by atoms with Gasteiger partial charge in [0.2, 0.25) is 0 Å². The van der Waals surface area contributed by atoms with E-state index in [1.54, 1.807) is 6.08 Å². The number of hydrogen-bond acceptors (Lipinski definition) is 2. The highest BCUT2D eigenvalue weighted by Crippen LogP contribution is 2.18. The summed E-state index contributed by atoms with van der Waals surface area (Å²) < 4.78 is 13.2. The average Bonchev–Trinajstić information content (AvgIpc) is 2.17. The Hall–Kier alpha value is -1.84. The van der Waals surface area contributed by atoms with Gasteiger partial charge in [-0.2, -0.15) is 0 Å². The van der Waals surface area contributed by atoms with Gasteiger partial charge >= 0.3 is 5.97 Å². The minimum absolute atomic E-state index is 0.296. The smallest absolute Gasteiger partial charge is 0.340 e. The van der Waals surface area contributed by atoms with Gasteiger partial charge in [-0.15, -0.1) is 6.58 Å². The maximum absolute atomic E-state index is 13.2. The SMILES string of the molecule is C=CCCNc1cccc(F)c1C(=O)O. The van der Waals surface area contributed by atoms with E-state index in [-0.39, 0.29) is 5.56 Å². The maximum Gasteiger partial charge on any atom is 0.340 e.